The Kier molecular flexibility index (Phi) is 2.79. The third kappa shape index (κ3) is 1.88. The molecule has 0 spiro atoms. The minimum Gasteiger partial charge on any atom is -0.355 e. The molecule has 0 saturated heterocycles. The molecule has 4 aromatic rings. The Morgan fingerprint density at radius 1 is 0.667 bits per heavy atom. The number of para-hydroxylation sites is 2. The van der Waals surface area contributed by atoms with E-state index in [2.05, 4.69) is 46.9 Å². The molecule has 114 valence electrons. The van der Waals surface area contributed by atoms with Gasteiger partial charge in [0.05, 0.1) is 5.56 Å². The highest BCUT2D eigenvalue weighted by molar-refractivity contribution is 6.01. The van der Waals surface area contributed by atoms with Crippen molar-refractivity contribution < 1.29 is 4.52 Å². The van der Waals surface area contributed by atoms with Crippen molar-refractivity contribution in [2.75, 3.05) is 5.32 Å². The molecule has 2 heterocycles. The van der Waals surface area contributed by atoms with Crippen LogP contribution in [0, 0.1) is 0 Å². The molecule has 1 aliphatic heterocycles. The third-order valence-corrected chi connectivity index (χ3v) is 4.38. The summed E-state index contributed by atoms with van der Waals surface area (Å²) in [5.74, 6) is 0.807. The molecule has 1 N–H and O–H groups in total. The summed E-state index contributed by atoms with van der Waals surface area (Å²) in [5, 5.41) is 7.93. The Morgan fingerprint density at radius 3 is 2.08 bits per heavy atom. The van der Waals surface area contributed by atoms with Crippen LogP contribution in [0.25, 0.3) is 33.7 Å². The van der Waals surface area contributed by atoms with Gasteiger partial charge < -0.3 is 9.84 Å². The molecule has 3 nitrogen and oxygen atoms in total. The smallest absolute Gasteiger partial charge is 0.177 e. The zero-order valence-electron chi connectivity index (χ0n) is 12.9. The van der Waals surface area contributed by atoms with Crippen LogP contribution in [0.4, 0.5) is 11.4 Å². The van der Waals surface area contributed by atoms with Crippen LogP contribution >= 0.6 is 0 Å². The number of anilines is 2. The largest absolute Gasteiger partial charge is 0.355 e. The zero-order chi connectivity index (χ0) is 15.9. The van der Waals surface area contributed by atoms with E-state index in [1.165, 1.54) is 0 Å². The normalized spacial score (nSPS) is 11.7. The van der Waals surface area contributed by atoms with Gasteiger partial charge in [-0.1, -0.05) is 65.8 Å². The minimum absolute atomic E-state index is 0.807. The fraction of sp³-hybridized carbons (Fsp3) is 0. The molecule has 24 heavy (non-hydrogen) atoms. The standard InChI is InChI=1S/C21H14N2O/c1-2-8-14(9-3-1)20-19-15-10-4-6-12-17(15)22-18-13-7-5-11-16(18)21(19)24-23-20/h1-13,22H. The molecule has 0 atom stereocenters. The molecule has 1 aliphatic rings. The molecule has 0 unspecified atom stereocenters. The molecule has 0 aliphatic carbocycles. The Morgan fingerprint density at radius 2 is 1.29 bits per heavy atom. The van der Waals surface area contributed by atoms with Crippen molar-refractivity contribution in [1.82, 2.24) is 5.16 Å². The van der Waals surface area contributed by atoms with Gasteiger partial charge in [-0.25, -0.2) is 0 Å². The quantitative estimate of drug-likeness (QED) is 0.429. The predicted molar refractivity (Wildman–Crippen MR) is 96.1 cm³/mol. The van der Waals surface area contributed by atoms with Crippen molar-refractivity contribution in [3.05, 3.63) is 78.9 Å². The average Bonchev–Trinajstić information content (AvgIpc) is 3.02. The van der Waals surface area contributed by atoms with E-state index in [-0.39, 0.29) is 0 Å². The van der Waals surface area contributed by atoms with Crippen molar-refractivity contribution in [3.63, 3.8) is 0 Å². The molecule has 3 heteroatoms. The number of nitrogens with zero attached hydrogens (tertiary/aromatic N) is 1. The van der Waals surface area contributed by atoms with Gasteiger partial charge in [-0.15, -0.1) is 0 Å². The molecular weight excluding hydrogens is 296 g/mol. The zero-order valence-corrected chi connectivity index (χ0v) is 12.9. The minimum atomic E-state index is 0.807. The van der Waals surface area contributed by atoms with E-state index in [9.17, 15) is 0 Å². The molecule has 3 aromatic carbocycles. The van der Waals surface area contributed by atoms with Gasteiger partial charge in [-0.2, -0.15) is 0 Å². The van der Waals surface area contributed by atoms with Crippen LogP contribution in [0.1, 0.15) is 0 Å². The van der Waals surface area contributed by atoms with Gasteiger partial charge in [0.2, 0.25) is 0 Å². The molecule has 0 bridgehead atoms. The van der Waals surface area contributed by atoms with Crippen molar-refractivity contribution >= 4 is 11.4 Å². The van der Waals surface area contributed by atoms with Crippen LogP contribution in [-0.4, -0.2) is 5.16 Å². The van der Waals surface area contributed by atoms with Gasteiger partial charge in [0.1, 0.15) is 5.69 Å². The molecular formula is C21H14N2O. The molecule has 5 rings (SSSR count). The van der Waals surface area contributed by atoms with E-state index in [1.807, 2.05) is 42.5 Å². The second-order valence-corrected chi connectivity index (χ2v) is 5.82. The third-order valence-electron chi connectivity index (χ3n) is 4.38. The van der Waals surface area contributed by atoms with Gasteiger partial charge in [-0.3, -0.25) is 0 Å². The maximum atomic E-state index is 5.81. The summed E-state index contributed by atoms with van der Waals surface area (Å²) in [6.45, 7) is 0. The lowest BCUT2D eigenvalue weighted by Crippen LogP contribution is -1.91. The fourth-order valence-electron chi connectivity index (χ4n) is 3.26. The number of fused-ring (bicyclic) bond motifs is 5. The first kappa shape index (κ1) is 13.1. The van der Waals surface area contributed by atoms with Gasteiger partial charge >= 0.3 is 0 Å². The number of benzene rings is 3. The molecule has 0 amide bonds. The molecule has 0 fully saturated rings. The first-order valence-corrected chi connectivity index (χ1v) is 7.93. The Balaban J connectivity index is 1.88. The predicted octanol–water partition coefficient (Wildman–Crippen LogP) is 5.73. The van der Waals surface area contributed by atoms with E-state index in [0.29, 0.717) is 0 Å². The Hall–Kier alpha value is -3.33. The number of nitrogens with one attached hydrogen (secondary N) is 1. The van der Waals surface area contributed by atoms with E-state index in [1.54, 1.807) is 0 Å². The SMILES string of the molecule is c1ccc(-c2noc3c2-c2ccccc2Nc2ccccc2-3)cc1. The van der Waals surface area contributed by atoms with Gasteiger partial charge in [0.15, 0.2) is 5.76 Å². The second-order valence-electron chi connectivity index (χ2n) is 5.82. The van der Waals surface area contributed by atoms with Gasteiger partial charge in [-0.05, 0) is 18.2 Å². The van der Waals surface area contributed by atoms with E-state index >= 15 is 0 Å². The maximum Gasteiger partial charge on any atom is 0.177 e. The van der Waals surface area contributed by atoms with Crippen molar-refractivity contribution in [3.8, 4) is 33.7 Å². The van der Waals surface area contributed by atoms with Crippen molar-refractivity contribution in [1.29, 1.82) is 0 Å². The van der Waals surface area contributed by atoms with Crippen molar-refractivity contribution in [2.24, 2.45) is 0 Å². The monoisotopic (exact) mass is 310 g/mol. The summed E-state index contributed by atoms with van der Waals surface area (Å²) in [5.41, 5.74) is 7.17. The summed E-state index contributed by atoms with van der Waals surface area (Å²) < 4.78 is 5.81. The molecule has 1 aromatic heterocycles. The topological polar surface area (TPSA) is 38.1 Å². The summed E-state index contributed by atoms with van der Waals surface area (Å²) in [4.78, 5) is 0. The first-order chi connectivity index (χ1) is 11.9. The van der Waals surface area contributed by atoms with Crippen LogP contribution in [0.3, 0.4) is 0 Å². The summed E-state index contributed by atoms with van der Waals surface area (Å²) in [7, 11) is 0. The van der Waals surface area contributed by atoms with Crippen molar-refractivity contribution in [2.45, 2.75) is 0 Å². The lowest BCUT2D eigenvalue weighted by Gasteiger charge is -2.09. The number of aromatic nitrogens is 1. The van der Waals surface area contributed by atoms with Crippen LogP contribution in [-0.2, 0) is 0 Å². The van der Waals surface area contributed by atoms with Crippen LogP contribution < -0.4 is 5.32 Å². The van der Waals surface area contributed by atoms with E-state index < -0.39 is 0 Å². The highest BCUT2D eigenvalue weighted by Gasteiger charge is 2.26. The highest BCUT2D eigenvalue weighted by atomic mass is 16.5. The summed E-state index contributed by atoms with van der Waals surface area (Å²) in [6, 6.07) is 26.6. The lowest BCUT2D eigenvalue weighted by atomic mass is 9.96. The first-order valence-electron chi connectivity index (χ1n) is 7.93. The Bertz CT molecular complexity index is 1030. The number of hydrogen-bond donors (Lipinski definition) is 1. The fourth-order valence-corrected chi connectivity index (χ4v) is 3.26. The summed E-state index contributed by atoms with van der Waals surface area (Å²) >= 11 is 0. The lowest BCUT2D eigenvalue weighted by molar-refractivity contribution is 0.435. The van der Waals surface area contributed by atoms with E-state index in [4.69, 9.17) is 4.52 Å². The Labute approximate surface area is 139 Å². The van der Waals surface area contributed by atoms with E-state index in [0.717, 1.165) is 45.1 Å². The maximum absolute atomic E-state index is 5.81. The second kappa shape index (κ2) is 5.10. The molecule has 0 saturated carbocycles. The highest BCUT2D eigenvalue weighted by Crippen LogP contribution is 2.47. The number of rotatable bonds is 1. The number of hydrogen-bond acceptors (Lipinski definition) is 3. The average molecular weight is 310 g/mol. The van der Waals surface area contributed by atoms with Gasteiger partial charge in [0, 0.05) is 28.1 Å². The van der Waals surface area contributed by atoms with Crippen LogP contribution in [0.2, 0.25) is 0 Å². The van der Waals surface area contributed by atoms with Gasteiger partial charge in [0.25, 0.3) is 0 Å². The van der Waals surface area contributed by atoms with Crippen LogP contribution in [0.15, 0.2) is 83.4 Å². The molecule has 0 radical (unpaired) electrons. The van der Waals surface area contributed by atoms with Crippen LogP contribution in [0.5, 0.6) is 0 Å². The summed E-state index contributed by atoms with van der Waals surface area (Å²) in [6.07, 6.45) is 0.